The first-order valence-corrected chi connectivity index (χ1v) is 6.67. The van der Waals surface area contributed by atoms with Crippen LogP contribution in [-0.2, 0) is 12.8 Å². The van der Waals surface area contributed by atoms with Gasteiger partial charge in [0, 0.05) is 12.0 Å². The van der Waals surface area contributed by atoms with Gasteiger partial charge in [0.05, 0.1) is 17.5 Å². The van der Waals surface area contributed by atoms with E-state index in [-0.39, 0.29) is 0 Å². The quantitative estimate of drug-likeness (QED) is 0.905. The monoisotopic (exact) mass is 248 g/mol. The fourth-order valence-electron chi connectivity index (χ4n) is 1.84. The van der Waals surface area contributed by atoms with Crippen LogP contribution in [-0.4, -0.2) is 15.3 Å². The zero-order valence-electron chi connectivity index (χ0n) is 10.1. The van der Waals surface area contributed by atoms with Crippen LogP contribution in [0.15, 0.2) is 22.9 Å². The maximum Gasteiger partial charge on any atom is 0.0849 e. The minimum Gasteiger partial charge on any atom is -0.388 e. The van der Waals surface area contributed by atoms with E-state index < -0.39 is 6.10 Å². The summed E-state index contributed by atoms with van der Waals surface area (Å²) in [6.45, 7) is 3.92. The molecule has 0 aliphatic rings. The molecule has 17 heavy (non-hydrogen) atoms. The lowest BCUT2D eigenvalue weighted by Crippen LogP contribution is -2.08. The molecule has 0 aromatic carbocycles. The summed E-state index contributed by atoms with van der Waals surface area (Å²) >= 11 is 1.65. The zero-order chi connectivity index (χ0) is 12.3. The molecule has 4 heteroatoms. The van der Waals surface area contributed by atoms with Crippen molar-refractivity contribution >= 4 is 11.3 Å². The third kappa shape index (κ3) is 2.90. The summed E-state index contributed by atoms with van der Waals surface area (Å²) in [5, 5.41) is 22.5. The van der Waals surface area contributed by atoms with Crippen LogP contribution in [0.3, 0.4) is 0 Å². The molecule has 1 N–H and O–H groups in total. The van der Waals surface area contributed by atoms with Gasteiger partial charge in [-0.3, -0.25) is 0 Å². The molecule has 0 saturated carbocycles. The van der Waals surface area contributed by atoms with E-state index in [0.717, 1.165) is 23.4 Å². The molecule has 90 valence electrons. The van der Waals surface area contributed by atoms with Gasteiger partial charge in [0.25, 0.3) is 0 Å². The number of hydrogen-bond acceptors (Lipinski definition) is 4. The van der Waals surface area contributed by atoms with Crippen molar-refractivity contribution in [3.05, 3.63) is 45.4 Å². The molecule has 3 nitrogen and oxygen atoms in total. The number of thiophene rings is 1. The van der Waals surface area contributed by atoms with Crippen molar-refractivity contribution in [2.24, 2.45) is 0 Å². The summed E-state index contributed by atoms with van der Waals surface area (Å²) in [6, 6.07) is 3.98. The number of aryl methyl sites for hydroxylation is 2. The molecule has 2 heterocycles. The summed E-state index contributed by atoms with van der Waals surface area (Å²) < 4.78 is 0. The van der Waals surface area contributed by atoms with Crippen LogP contribution in [0.1, 0.15) is 35.5 Å². The van der Waals surface area contributed by atoms with E-state index in [2.05, 4.69) is 15.6 Å². The van der Waals surface area contributed by atoms with Crippen molar-refractivity contribution in [1.82, 2.24) is 10.2 Å². The standard InChI is InChI=1S/C13H16N2OS/c1-3-12-11(6-9(2)14-15-12)13(16)7-10-4-5-17-8-10/h4-6,8,13,16H,3,7H2,1-2H3. The summed E-state index contributed by atoms with van der Waals surface area (Å²) in [4.78, 5) is 0. The maximum absolute atomic E-state index is 10.3. The molecule has 0 aliphatic carbocycles. The van der Waals surface area contributed by atoms with E-state index in [1.54, 1.807) is 11.3 Å². The minimum absolute atomic E-state index is 0.492. The van der Waals surface area contributed by atoms with Crippen LogP contribution < -0.4 is 0 Å². The molecule has 0 bridgehead atoms. The Kier molecular flexibility index (Phi) is 3.86. The lowest BCUT2D eigenvalue weighted by molar-refractivity contribution is 0.176. The van der Waals surface area contributed by atoms with E-state index in [4.69, 9.17) is 0 Å². The molecule has 0 spiro atoms. The average molecular weight is 248 g/mol. The molecule has 0 amide bonds. The lowest BCUT2D eigenvalue weighted by atomic mass is 10.0. The molecule has 0 saturated heterocycles. The molecule has 0 radical (unpaired) electrons. The number of aliphatic hydroxyl groups excluding tert-OH is 1. The van der Waals surface area contributed by atoms with Crippen LogP contribution in [0.2, 0.25) is 0 Å². The smallest absolute Gasteiger partial charge is 0.0849 e. The van der Waals surface area contributed by atoms with Gasteiger partial charge in [-0.15, -0.1) is 0 Å². The molecule has 2 aromatic heterocycles. The first kappa shape index (κ1) is 12.2. The topological polar surface area (TPSA) is 46.0 Å². The van der Waals surface area contributed by atoms with E-state index in [9.17, 15) is 5.11 Å². The Morgan fingerprint density at radius 2 is 2.24 bits per heavy atom. The predicted molar refractivity (Wildman–Crippen MR) is 69.1 cm³/mol. The van der Waals surface area contributed by atoms with Crippen molar-refractivity contribution in [3.63, 3.8) is 0 Å². The van der Waals surface area contributed by atoms with Gasteiger partial charge < -0.3 is 5.11 Å². The Morgan fingerprint density at radius 1 is 1.41 bits per heavy atom. The van der Waals surface area contributed by atoms with Gasteiger partial charge in [0.15, 0.2) is 0 Å². The highest BCUT2D eigenvalue weighted by molar-refractivity contribution is 7.07. The van der Waals surface area contributed by atoms with E-state index in [1.807, 2.05) is 31.4 Å². The van der Waals surface area contributed by atoms with Gasteiger partial charge in [-0.25, -0.2) is 0 Å². The van der Waals surface area contributed by atoms with Crippen molar-refractivity contribution < 1.29 is 5.11 Å². The summed E-state index contributed by atoms with van der Waals surface area (Å²) in [5.74, 6) is 0. The minimum atomic E-state index is -0.492. The zero-order valence-corrected chi connectivity index (χ0v) is 10.9. The van der Waals surface area contributed by atoms with Gasteiger partial charge in [-0.1, -0.05) is 6.92 Å². The van der Waals surface area contributed by atoms with Crippen LogP contribution in [0, 0.1) is 6.92 Å². The fraction of sp³-hybridized carbons (Fsp3) is 0.385. The lowest BCUT2D eigenvalue weighted by Gasteiger charge is -2.13. The van der Waals surface area contributed by atoms with E-state index in [1.165, 1.54) is 5.56 Å². The van der Waals surface area contributed by atoms with Gasteiger partial charge in [0.2, 0.25) is 0 Å². The van der Waals surface area contributed by atoms with Gasteiger partial charge in [0.1, 0.15) is 0 Å². The van der Waals surface area contributed by atoms with Crippen molar-refractivity contribution in [2.45, 2.75) is 32.8 Å². The molecular weight excluding hydrogens is 232 g/mol. The van der Waals surface area contributed by atoms with E-state index >= 15 is 0 Å². The number of hydrogen-bond donors (Lipinski definition) is 1. The summed E-state index contributed by atoms with van der Waals surface area (Å²) in [6.07, 6.45) is 0.944. The average Bonchev–Trinajstić information content (AvgIpc) is 2.81. The van der Waals surface area contributed by atoms with Crippen LogP contribution >= 0.6 is 11.3 Å². The van der Waals surface area contributed by atoms with Crippen molar-refractivity contribution in [1.29, 1.82) is 0 Å². The second-order valence-electron chi connectivity index (χ2n) is 4.09. The maximum atomic E-state index is 10.3. The van der Waals surface area contributed by atoms with Gasteiger partial charge in [-0.2, -0.15) is 21.5 Å². The summed E-state index contributed by atoms with van der Waals surface area (Å²) in [5.41, 5.74) is 3.81. The second kappa shape index (κ2) is 5.38. The Hall–Kier alpha value is -1.26. The van der Waals surface area contributed by atoms with Crippen molar-refractivity contribution in [2.75, 3.05) is 0 Å². The molecule has 2 aromatic rings. The number of aromatic nitrogens is 2. The predicted octanol–water partition coefficient (Wildman–Crippen LogP) is 2.69. The fourth-order valence-corrected chi connectivity index (χ4v) is 2.52. The third-order valence-corrected chi connectivity index (χ3v) is 3.46. The number of aliphatic hydroxyl groups is 1. The van der Waals surface area contributed by atoms with Crippen LogP contribution in [0.4, 0.5) is 0 Å². The van der Waals surface area contributed by atoms with Gasteiger partial charge in [-0.05, 0) is 41.8 Å². The Balaban J connectivity index is 2.23. The highest BCUT2D eigenvalue weighted by Gasteiger charge is 2.14. The number of nitrogens with zero attached hydrogens (tertiary/aromatic N) is 2. The molecule has 1 unspecified atom stereocenters. The highest BCUT2D eigenvalue weighted by atomic mass is 32.1. The van der Waals surface area contributed by atoms with Gasteiger partial charge >= 0.3 is 0 Å². The van der Waals surface area contributed by atoms with Crippen LogP contribution in [0.25, 0.3) is 0 Å². The summed E-state index contributed by atoms with van der Waals surface area (Å²) in [7, 11) is 0. The molecule has 0 aliphatic heterocycles. The SMILES string of the molecule is CCc1nnc(C)cc1C(O)Cc1ccsc1. The molecule has 1 atom stereocenters. The Morgan fingerprint density at radius 3 is 2.88 bits per heavy atom. The molecular formula is C13H16N2OS. The third-order valence-electron chi connectivity index (χ3n) is 2.73. The van der Waals surface area contributed by atoms with Crippen LogP contribution in [0.5, 0.6) is 0 Å². The largest absolute Gasteiger partial charge is 0.388 e. The number of rotatable bonds is 4. The normalized spacial score (nSPS) is 12.6. The Bertz CT molecular complexity index is 482. The first-order chi connectivity index (χ1) is 8.20. The molecule has 0 fully saturated rings. The van der Waals surface area contributed by atoms with E-state index in [0.29, 0.717) is 6.42 Å². The second-order valence-corrected chi connectivity index (χ2v) is 4.87. The highest BCUT2D eigenvalue weighted by Crippen LogP contribution is 2.22. The van der Waals surface area contributed by atoms with Crippen molar-refractivity contribution in [3.8, 4) is 0 Å². The first-order valence-electron chi connectivity index (χ1n) is 5.73. The Labute approximate surface area is 105 Å². The molecule has 2 rings (SSSR count).